The Hall–Kier alpha value is -3.43. The molecular formula is C22H23N3O5S. The number of methoxy groups -OCH3 is 2. The fourth-order valence-electron chi connectivity index (χ4n) is 2.94. The Morgan fingerprint density at radius 2 is 1.77 bits per heavy atom. The summed E-state index contributed by atoms with van der Waals surface area (Å²) >= 11 is 0. The van der Waals surface area contributed by atoms with Crippen molar-refractivity contribution in [2.75, 3.05) is 27.8 Å². The van der Waals surface area contributed by atoms with Crippen LogP contribution >= 0.6 is 0 Å². The number of benzene rings is 3. The zero-order valence-corrected chi connectivity index (χ0v) is 18.2. The predicted molar refractivity (Wildman–Crippen MR) is 119 cm³/mol. The van der Waals surface area contributed by atoms with Crippen LogP contribution in [0.3, 0.4) is 0 Å². The molecule has 0 fully saturated rings. The minimum absolute atomic E-state index is 0.117. The number of fused-ring (bicyclic) bond motifs is 1. The van der Waals surface area contributed by atoms with Gasteiger partial charge in [0.15, 0.2) is 0 Å². The van der Waals surface area contributed by atoms with E-state index >= 15 is 0 Å². The van der Waals surface area contributed by atoms with Crippen LogP contribution in [0.2, 0.25) is 0 Å². The number of hydrazone groups is 1. The average Bonchev–Trinajstić information content (AvgIpc) is 2.78. The molecule has 0 atom stereocenters. The maximum Gasteiger partial charge on any atom is 0.255 e. The standard InChI is InChI=1S/C22H23N3O5S/c1-25(31(27,28)20-10-8-16-6-4-5-7-17(16)13-20)15-22(26)24-23-14-18-12-19(29-2)9-11-21(18)30-3/h4-14H,15H2,1-3H3,(H,24,26)/b23-14-. The fraction of sp³-hybridized carbons (Fsp3) is 0.182. The van der Waals surface area contributed by atoms with Crippen LogP contribution in [-0.4, -0.2) is 52.7 Å². The van der Waals surface area contributed by atoms with Gasteiger partial charge in [0.1, 0.15) is 11.5 Å². The van der Waals surface area contributed by atoms with Crippen LogP contribution in [0, 0.1) is 0 Å². The number of hydrogen-bond acceptors (Lipinski definition) is 6. The molecule has 0 radical (unpaired) electrons. The summed E-state index contributed by atoms with van der Waals surface area (Å²) < 4.78 is 37.1. The minimum atomic E-state index is -3.84. The molecule has 3 aromatic carbocycles. The van der Waals surface area contributed by atoms with Gasteiger partial charge in [-0.1, -0.05) is 30.3 Å². The number of carbonyl (C=O) groups excluding carboxylic acids is 1. The van der Waals surface area contributed by atoms with Gasteiger partial charge in [0.2, 0.25) is 10.0 Å². The largest absolute Gasteiger partial charge is 0.497 e. The Morgan fingerprint density at radius 1 is 1.03 bits per heavy atom. The van der Waals surface area contributed by atoms with Gasteiger partial charge in [-0.15, -0.1) is 0 Å². The highest BCUT2D eigenvalue weighted by molar-refractivity contribution is 7.89. The molecule has 0 aliphatic carbocycles. The molecule has 9 heteroatoms. The average molecular weight is 442 g/mol. The molecule has 8 nitrogen and oxygen atoms in total. The van der Waals surface area contributed by atoms with Crippen LogP contribution in [0.1, 0.15) is 5.56 Å². The van der Waals surface area contributed by atoms with Gasteiger partial charge in [-0.25, -0.2) is 13.8 Å². The molecule has 0 aliphatic heterocycles. The topological polar surface area (TPSA) is 97.3 Å². The highest BCUT2D eigenvalue weighted by Crippen LogP contribution is 2.22. The van der Waals surface area contributed by atoms with Crippen LogP contribution in [0.4, 0.5) is 0 Å². The quantitative estimate of drug-likeness (QED) is 0.428. The molecule has 0 spiro atoms. The van der Waals surface area contributed by atoms with E-state index in [0.29, 0.717) is 17.1 Å². The van der Waals surface area contributed by atoms with Gasteiger partial charge in [-0.05, 0) is 41.1 Å². The number of amides is 1. The monoisotopic (exact) mass is 441 g/mol. The summed E-state index contributed by atoms with van der Waals surface area (Å²) in [6, 6.07) is 17.5. The van der Waals surface area contributed by atoms with E-state index in [1.807, 2.05) is 24.3 Å². The number of carbonyl (C=O) groups is 1. The summed E-state index contributed by atoms with van der Waals surface area (Å²) in [5.41, 5.74) is 2.93. The number of likely N-dealkylation sites (N-methyl/N-ethyl adjacent to an activating group) is 1. The minimum Gasteiger partial charge on any atom is -0.497 e. The molecule has 0 bridgehead atoms. The van der Waals surface area contributed by atoms with E-state index in [1.54, 1.807) is 30.3 Å². The first kappa shape index (κ1) is 22.3. The molecule has 0 saturated heterocycles. The summed E-state index contributed by atoms with van der Waals surface area (Å²) in [4.78, 5) is 12.3. The van der Waals surface area contributed by atoms with Crippen molar-refractivity contribution in [2.45, 2.75) is 4.90 Å². The van der Waals surface area contributed by atoms with E-state index < -0.39 is 15.9 Å². The van der Waals surface area contributed by atoms with E-state index in [0.717, 1.165) is 15.1 Å². The van der Waals surface area contributed by atoms with Crippen molar-refractivity contribution in [2.24, 2.45) is 5.10 Å². The first-order valence-electron chi connectivity index (χ1n) is 9.34. The van der Waals surface area contributed by atoms with E-state index in [1.165, 1.54) is 33.5 Å². The molecular weight excluding hydrogens is 418 g/mol. The van der Waals surface area contributed by atoms with Gasteiger partial charge in [0, 0.05) is 12.6 Å². The molecule has 1 amide bonds. The second kappa shape index (κ2) is 9.59. The van der Waals surface area contributed by atoms with Gasteiger partial charge in [-0.2, -0.15) is 9.41 Å². The molecule has 0 aliphatic rings. The Bertz CT molecular complexity index is 1220. The second-order valence-electron chi connectivity index (χ2n) is 6.67. The zero-order chi connectivity index (χ0) is 22.4. The molecule has 3 aromatic rings. The maximum atomic E-state index is 12.8. The third-order valence-electron chi connectivity index (χ3n) is 4.63. The lowest BCUT2D eigenvalue weighted by Crippen LogP contribution is -2.36. The Balaban J connectivity index is 1.67. The fourth-order valence-corrected chi connectivity index (χ4v) is 4.11. The van der Waals surface area contributed by atoms with Gasteiger partial charge in [0.25, 0.3) is 5.91 Å². The van der Waals surface area contributed by atoms with Gasteiger partial charge in [0.05, 0.1) is 31.9 Å². The Morgan fingerprint density at radius 3 is 2.48 bits per heavy atom. The number of hydrogen-bond donors (Lipinski definition) is 1. The molecule has 0 heterocycles. The predicted octanol–water partition coefficient (Wildman–Crippen LogP) is 2.63. The first-order valence-corrected chi connectivity index (χ1v) is 10.8. The number of nitrogens with zero attached hydrogens (tertiary/aromatic N) is 2. The normalized spacial score (nSPS) is 11.7. The van der Waals surface area contributed by atoms with Crippen molar-refractivity contribution in [3.8, 4) is 11.5 Å². The molecule has 1 N–H and O–H groups in total. The summed E-state index contributed by atoms with van der Waals surface area (Å²) in [6.07, 6.45) is 1.40. The van der Waals surface area contributed by atoms with Crippen LogP contribution in [-0.2, 0) is 14.8 Å². The smallest absolute Gasteiger partial charge is 0.255 e. The van der Waals surface area contributed by atoms with Crippen molar-refractivity contribution in [1.82, 2.24) is 9.73 Å². The van der Waals surface area contributed by atoms with E-state index in [4.69, 9.17) is 9.47 Å². The van der Waals surface area contributed by atoms with Crippen LogP contribution in [0.15, 0.2) is 70.7 Å². The lowest BCUT2D eigenvalue weighted by molar-refractivity contribution is -0.121. The van der Waals surface area contributed by atoms with Gasteiger partial charge >= 0.3 is 0 Å². The van der Waals surface area contributed by atoms with E-state index in [2.05, 4.69) is 10.5 Å². The SMILES string of the molecule is COc1ccc(OC)c(/C=N\NC(=O)CN(C)S(=O)(=O)c2ccc3ccccc3c2)c1. The lowest BCUT2D eigenvalue weighted by atomic mass is 10.1. The summed E-state index contributed by atoms with van der Waals surface area (Å²) in [7, 11) is 0.564. The molecule has 0 saturated carbocycles. The van der Waals surface area contributed by atoms with Crippen LogP contribution < -0.4 is 14.9 Å². The third-order valence-corrected chi connectivity index (χ3v) is 6.42. The number of sulfonamides is 1. The van der Waals surface area contributed by atoms with E-state index in [9.17, 15) is 13.2 Å². The first-order chi connectivity index (χ1) is 14.8. The number of rotatable bonds is 8. The molecule has 31 heavy (non-hydrogen) atoms. The van der Waals surface area contributed by atoms with Crippen LogP contribution in [0.5, 0.6) is 11.5 Å². The molecule has 0 unspecified atom stereocenters. The number of ether oxygens (including phenoxy) is 2. The van der Waals surface area contributed by atoms with Crippen molar-refractivity contribution in [3.63, 3.8) is 0 Å². The highest BCUT2D eigenvalue weighted by Gasteiger charge is 2.23. The molecule has 3 rings (SSSR count). The van der Waals surface area contributed by atoms with Crippen molar-refractivity contribution in [1.29, 1.82) is 0 Å². The van der Waals surface area contributed by atoms with Crippen molar-refractivity contribution < 1.29 is 22.7 Å². The van der Waals surface area contributed by atoms with Crippen LogP contribution in [0.25, 0.3) is 10.8 Å². The second-order valence-corrected chi connectivity index (χ2v) is 8.72. The number of nitrogens with one attached hydrogen (secondary N) is 1. The van der Waals surface area contributed by atoms with E-state index in [-0.39, 0.29) is 11.4 Å². The lowest BCUT2D eigenvalue weighted by Gasteiger charge is -2.16. The maximum absolute atomic E-state index is 12.8. The summed E-state index contributed by atoms with van der Waals surface area (Å²) in [6.45, 7) is -0.387. The summed E-state index contributed by atoms with van der Waals surface area (Å²) in [5.74, 6) is 0.578. The van der Waals surface area contributed by atoms with Crippen molar-refractivity contribution in [3.05, 3.63) is 66.2 Å². The molecule has 0 aromatic heterocycles. The highest BCUT2D eigenvalue weighted by atomic mass is 32.2. The molecule has 162 valence electrons. The summed E-state index contributed by atoms with van der Waals surface area (Å²) in [5, 5.41) is 5.63. The zero-order valence-electron chi connectivity index (χ0n) is 17.4. The Labute approximate surface area is 181 Å². The van der Waals surface area contributed by atoms with Crippen molar-refractivity contribution >= 4 is 32.9 Å². The Kier molecular flexibility index (Phi) is 6.88. The van der Waals surface area contributed by atoms with Gasteiger partial charge in [-0.3, -0.25) is 4.79 Å². The van der Waals surface area contributed by atoms with Gasteiger partial charge < -0.3 is 9.47 Å². The third kappa shape index (κ3) is 5.19.